The van der Waals surface area contributed by atoms with Gasteiger partial charge in [-0.15, -0.1) is 0 Å². The third kappa shape index (κ3) is 7310. The van der Waals surface area contributed by atoms with E-state index >= 15 is 0 Å². The predicted molar refractivity (Wildman–Crippen MR) is 55.8 cm³/mol. The third-order valence-electron chi connectivity index (χ3n) is 0. The quantitative estimate of drug-likeness (QED) is 0.363. The Morgan fingerprint density at radius 3 is 0.312 bits per heavy atom. The Labute approximate surface area is 89.5 Å². The summed E-state index contributed by atoms with van der Waals surface area (Å²) < 4.78 is 0. The van der Waals surface area contributed by atoms with E-state index in [1.807, 2.05) is 0 Å². The van der Waals surface area contributed by atoms with E-state index in [-0.39, 0.29) is 65.7 Å². The zero-order valence-corrected chi connectivity index (χ0v) is 7.92. The minimum Gasteiger partial charge on any atom is -0.412 e. The molecule has 0 spiro atoms. The molecule has 27 N–H and O–H groups in total. The molecular formula is H27BO15. The molecule has 0 heterocycles. The summed E-state index contributed by atoms with van der Waals surface area (Å²) >= 11 is 0. The van der Waals surface area contributed by atoms with Crippen molar-refractivity contribution in [3.63, 3.8) is 0 Å². The zero-order valence-electron chi connectivity index (χ0n) is 7.92. The second-order valence-electron chi connectivity index (χ2n) is 0.346. The van der Waals surface area contributed by atoms with Gasteiger partial charge >= 0.3 is 7.32 Å². The highest BCUT2D eigenvalue weighted by molar-refractivity contribution is 6.30. The Morgan fingerprint density at radius 2 is 0.312 bits per heavy atom. The van der Waals surface area contributed by atoms with Crippen LogP contribution in [0.1, 0.15) is 0 Å². The zero-order chi connectivity index (χ0) is 3.58. The van der Waals surface area contributed by atoms with Crippen molar-refractivity contribution >= 4 is 7.32 Å². The lowest BCUT2D eigenvalue weighted by Crippen LogP contribution is -2.07. The molecule has 0 bridgehead atoms. The van der Waals surface area contributed by atoms with Crippen molar-refractivity contribution < 1.29 is 80.8 Å². The summed E-state index contributed by atoms with van der Waals surface area (Å²) in [4.78, 5) is 0. The van der Waals surface area contributed by atoms with Crippen LogP contribution in [0, 0.1) is 0 Å². The molecule has 0 aliphatic carbocycles. The van der Waals surface area contributed by atoms with Crippen LogP contribution in [0.4, 0.5) is 0 Å². The van der Waals surface area contributed by atoms with Crippen LogP contribution in [0.3, 0.4) is 0 Å². The molecule has 0 aliphatic rings. The van der Waals surface area contributed by atoms with Crippen LogP contribution >= 0.6 is 0 Å². The molecule has 0 aromatic heterocycles. The first-order chi connectivity index (χ1) is 1.73. The Hall–Kier alpha value is -0.535. The average molecular weight is 278 g/mol. The van der Waals surface area contributed by atoms with Gasteiger partial charge in [0.05, 0.1) is 0 Å². The van der Waals surface area contributed by atoms with E-state index in [2.05, 4.69) is 0 Å². The molecule has 0 fully saturated rings. The highest BCUT2D eigenvalue weighted by atomic mass is 16.5. The van der Waals surface area contributed by atoms with Crippen molar-refractivity contribution in [3.05, 3.63) is 0 Å². The van der Waals surface area contributed by atoms with Crippen molar-refractivity contribution in [3.8, 4) is 0 Å². The minimum atomic E-state index is -2.17. The lowest BCUT2D eigenvalue weighted by molar-refractivity contribution is 0.278. The van der Waals surface area contributed by atoms with Gasteiger partial charge in [-0.05, 0) is 0 Å². The summed E-state index contributed by atoms with van der Waals surface area (Å²) in [6.45, 7) is 0. The molecule has 0 aromatic rings. The molecule has 0 aliphatic heterocycles. The smallest absolute Gasteiger partial charge is 0.412 e. The molecule has 15 nitrogen and oxygen atoms in total. The first kappa shape index (κ1) is 533. The van der Waals surface area contributed by atoms with Gasteiger partial charge in [-0.25, -0.2) is 0 Å². The van der Waals surface area contributed by atoms with Crippen molar-refractivity contribution in [2.24, 2.45) is 0 Å². The van der Waals surface area contributed by atoms with E-state index in [1.54, 1.807) is 0 Å². The molecule has 0 saturated carbocycles. The highest BCUT2D eigenvalue weighted by Crippen LogP contribution is 1.40. The predicted octanol–water partition coefficient (Wildman–Crippen LogP) is -11.9. The lowest BCUT2D eigenvalue weighted by Gasteiger charge is -1.69. The molecule has 0 amide bonds. The highest BCUT2D eigenvalue weighted by Gasteiger charge is 1.92. The van der Waals surface area contributed by atoms with Crippen molar-refractivity contribution in [1.82, 2.24) is 0 Å². The van der Waals surface area contributed by atoms with Crippen molar-refractivity contribution in [1.29, 1.82) is 0 Å². The lowest BCUT2D eigenvalue weighted by atomic mass is 10.3. The SMILES string of the molecule is O.O.O.O.O.O.O.O.O.O.O.O.OB(O)O. The largest absolute Gasteiger partial charge is 0.631 e. The van der Waals surface area contributed by atoms with E-state index in [0.717, 1.165) is 0 Å². The standard InChI is InChI=1S/BH3O3.12H2O/c2-1(3)4;;;;;;;;;;;;/h2-4H;12*1H2. The van der Waals surface area contributed by atoms with E-state index < -0.39 is 7.32 Å². The van der Waals surface area contributed by atoms with Crippen LogP contribution in [0.2, 0.25) is 0 Å². The second kappa shape index (κ2) is 432. The molecule has 0 aromatic carbocycles. The molecule has 0 atom stereocenters. The van der Waals surface area contributed by atoms with Gasteiger partial charge in [0, 0.05) is 0 Å². The Balaban J connectivity index is -0.000000000682. The number of rotatable bonds is 0. The van der Waals surface area contributed by atoms with Gasteiger partial charge in [-0.2, -0.15) is 0 Å². The van der Waals surface area contributed by atoms with Crippen LogP contribution in [0.5, 0.6) is 0 Å². The van der Waals surface area contributed by atoms with Gasteiger partial charge in [0.25, 0.3) is 0 Å². The maximum atomic E-state index is 7.17. The summed E-state index contributed by atoms with van der Waals surface area (Å²) in [6.07, 6.45) is 0. The van der Waals surface area contributed by atoms with E-state index in [9.17, 15) is 0 Å². The fraction of sp³-hybridized carbons (Fsp3) is 0. The maximum Gasteiger partial charge on any atom is 0.631 e. The summed E-state index contributed by atoms with van der Waals surface area (Å²) in [6, 6.07) is 0. The van der Waals surface area contributed by atoms with Crippen LogP contribution in [0.15, 0.2) is 0 Å². The van der Waals surface area contributed by atoms with Gasteiger partial charge in [-0.3, -0.25) is 0 Å². The minimum absolute atomic E-state index is 0. The van der Waals surface area contributed by atoms with E-state index in [1.165, 1.54) is 0 Å². The molecule has 0 unspecified atom stereocenters. The van der Waals surface area contributed by atoms with Crippen LogP contribution in [0.25, 0.3) is 0 Å². The van der Waals surface area contributed by atoms with Gasteiger partial charge in [0.2, 0.25) is 0 Å². The Kier molecular flexibility index (Phi) is 14400. The van der Waals surface area contributed by atoms with Crippen LogP contribution in [-0.2, 0) is 0 Å². The van der Waals surface area contributed by atoms with Crippen molar-refractivity contribution in [2.75, 3.05) is 0 Å². The van der Waals surface area contributed by atoms with Gasteiger partial charge < -0.3 is 80.8 Å². The number of hydrogen-bond acceptors (Lipinski definition) is 3. The molecule has 16 heavy (non-hydrogen) atoms. The normalized spacial score (nSPS) is 1.69. The third-order valence-corrected chi connectivity index (χ3v) is 0. The summed E-state index contributed by atoms with van der Waals surface area (Å²) in [5, 5.41) is 21.5. The fourth-order valence-electron chi connectivity index (χ4n) is 0. The fourth-order valence-corrected chi connectivity index (χ4v) is 0. The maximum absolute atomic E-state index is 7.17. The Morgan fingerprint density at radius 1 is 0.312 bits per heavy atom. The molecular weight excluding hydrogens is 251 g/mol. The molecule has 0 radical (unpaired) electrons. The first-order valence-electron chi connectivity index (χ1n) is 0.775. The van der Waals surface area contributed by atoms with E-state index in [0.29, 0.717) is 0 Å². The Bertz CT molecular complexity index is 10.2. The molecule has 0 rings (SSSR count). The topological polar surface area (TPSA) is 439 Å². The summed E-state index contributed by atoms with van der Waals surface area (Å²) in [7, 11) is -2.17. The second-order valence-corrected chi connectivity index (χ2v) is 0.346. The van der Waals surface area contributed by atoms with Gasteiger partial charge in [0.1, 0.15) is 0 Å². The first-order valence-corrected chi connectivity index (χ1v) is 0.775. The summed E-state index contributed by atoms with van der Waals surface area (Å²) in [5.41, 5.74) is 0. The van der Waals surface area contributed by atoms with Crippen LogP contribution < -0.4 is 0 Å². The molecule has 120 valence electrons. The van der Waals surface area contributed by atoms with Gasteiger partial charge in [-0.1, -0.05) is 0 Å². The monoisotopic (exact) mass is 278 g/mol. The average Bonchev–Trinajstić information content (AvgIpc) is 0.811. The van der Waals surface area contributed by atoms with Crippen LogP contribution in [-0.4, -0.2) is 88.1 Å². The van der Waals surface area contributed by atoms with Crippen molar-refractivity contribution in [2.45, 2.75) is 0 Å². The molecule has 16 heteroatoms. The summed E-state index contributed by atoms with van der Waals surface area (Å²) in [5.74, 6) is 0. The van der Waals surface area contributed by atoms with E-state index in [4.69, 9.17) is 15.1 Å². The molecule has 0 saturated heterocycles. The van der Waals surface area contributed by atoms with Gasteiger partial charge in [0.15, 0.2) is 0 Å². The number of hydrogen-bond donors (Lipinski definition) is 3.